The molecule has 1 heterocycles. The van der Waals surface area contributed by atoms with E-state index in [4.69, 9.17) is 0 Å². The quantitative estimate of drug-likeness (QED) is 0.858. The zero-order chi connectivity index (χ0) is 12.1. The molecule has 0 unspecified atom stereocenters. The van der Waals surface area contributed by atoms with E-state index in [1.165, 1.54) is 43.7 Å². The molecule has 1 aromatic carbocycles. The molecule has 0 saturated carbocycles. The number of nitrogens with one attached hydrogen (secondary N) is 1. The lowest BCUT2D eigenvalue weighted by Gasteiger charge is -2.30. The van der Waals surface area contributed by atoms with E-state index in [2.05, 4.69) is 48.3 Å². The molecule has 0 bridgehead atoms. The van der Waals surface area contributed by atoms with Crippen LogP contribution >= 0.6 is 0 Å². The van der Waals surface area contributed by atoms with Crippen molar-refractivity contribution in [1.29, 1.82) is 0 Å². The van der Waals surface area contributed by atoms with E-state index in [1.54, 1.807) is 0 Å². The molecular formula is C15H24N2. The largest absolute Gasteiger partial charge is 0.384 e. The topological polar surface area (TPSA) is 15.3 Å². The van der Waals surface area contributed by atoms with Gasteiger partial charge in [-0.25, -0.2) is 0 Å². The Morgan fingerprint density at radius 3 is 2.47 bits per heavy atom. The highest BCUT2D eigenvalue weighted by molar-refractivity contribution is 5.44. The van der Waals surface area contributed by atoms with E-state index in [0.717, 1.165) is 12.5 Å². The maximum absolute atomic E-state index is 3.49. The summed E-state index contributed by atoms with van der Waals surface area (Å²) in [6, 6.07) is 8.64. The van der Waals surface area contributed by atoms with Gasteiger partial charge >= 0.3 is 0 Å². The fourth-order valence-corrected chi connectivity index (χ4v) is 2.32. The summed E-state index contributed by atoms with van der Waals surface area (Å²) in [5.41, 5.74) is 2.56. The number of piperidine rings is 1. The average molecular weight is 232 g/mol. The highest BCUT2D eigenvalue weighted by Crippen LogP contribution is 2.15. The maximum atomic E-state index is 3.49. The number of hydrogen-bond acceptors (Lipinski definition) is 2. The van der Waals surface area contributed by atoms with Gasteiger partial charge in [0.05, 0.1) is 0 Å². The number of hydrogen-bond donors (Lipinski definition) is 1. The predicted octanol–water partition coefficient (Wildman–Crippen LogP) is 3.14. The van der Waals surface area contributed by atoms with Crippen LogP contribution in [0.25, 0.3) is 0 Å². The summed E-state index contributed by atoms with van der Waals surface area (Å²) in [6.07, 6.45) is 2.73. The van der Waals surface area contributed by atoms with Crippen molar-refractivity contribution in [1.82, 2.24) is 4.90 Å². The number of anilines is 1. The van der Waals surface area contributed by atoms with Gasteiger partial charge in [0.25, 0.3) is 0 Å². The van der Waals surface area contributed by atoms with Crippen molar-refractivity contribution in [3.05, 3.63) is 29.8 Å². The molecule has 1 aliphatic heterocycles. The zero-order valence-corrected chi connectivity index (χ0v) is 11.1. The van der Waals surface area contributed by atoms with Crippen molar-refractivity contribution < 1.29 is 0 Å². The SMILES string of the molecule is Cc1ccc(NCCN2CCC(C)CC2)cc1. The summed E-state index contributed by atoms with van der Waals surface area (Å²) in [6.45, 7) is 9.26. The van der Waals surface area contributed by atoms with Gasteiger partial charge in [-0.3, -0.25) is 0 Å². The van der Waals surface area contributed by atoms with E-state index in [0.29, 0.717) is 0 Å². The predicted molar refractivity (Wildman–Crippen MR) is 74.5 cm³/mol. The minimum atomic E-state index is 0.927. The molecule has 0 spiro atoms. The molecule has 0 radical (unpaired) electrons. The normalized spacial score (nSPS) is 18.2. The van der Waals surface area contributed by atoms with Gasteiger partial charge in [-0.1, -0.05) is 24.6 Å². The van der Waals surface area contributed by atoms with Crippen LogP contribution in [0.5, 0.6) is 0 Å². The van der Waals surface area contributed by atoms with E-state index in [1.807, 2.05) is 0 Å². The Hall–Kier alpha value is -1.02. The second kappa shape index (κ2) is 6.06. The van der Waals surface area contributed by atoms with Gasteiger partial charge < -0.3 is 10.2 Å². The van der Waals surface area contributed by atoms with Crippen molar-refractivity contribution in [3.63, 3.8) is 0 Å². The monoisotopic (exact) mass is 232 g/mol. The molecule has 17 heavy (non-hydrogen) atoms. The number of likely N-dealkylation sites (tertiary alicyclic amines) is 1. The molecule has 2 rings (SSSR count). The first-order valence-electron chi connectivity index (χ1n) is 6.77. The second-order valence-corrected chi connectivity index (χ2v) is 5.32. The summed E-state index contributed by atoms with van der Waals surface area (Å²) in [7, 11) is 0. The third-order valence-electron chi connectivity index (χ3n) is 3.68. The summed E-state index contributed by atoms with van der Waals surface area (Å²) >= 11 is 0. The average Bonchev–Trinajstić information content (AvgIpc) is 2.34. The van der Waals surface area contributed by atoms with Crippen molar-refractivity contribution in [2.24, 2.45) is 5.92 Å². The van der Waals surface area contributed by atoms with Crippen molar-refractivity contribution in [2.45, 2.75) is 26.7 Å². The lowest BCUT2D eigenvalue weighted by atomic mass is 9.99. The third-order valence-corrected chi connectivity index (χ3v) is 3.68. The molecule has 0 aromatic heterocycles. The summed E-state index contributed by atoms with van der Waals surface area (Å²) in [5.74, 6) is 0.927. The Bertz CT molecular complexity index is 323. The summed E-state index contributed by atoms with van der Waals surface area (Å²) in [4.78, 5) is 2.57. The molecule has 1 N–H and O–H groups in total. The molecule has 0 aliphatic carbocycles. The number of rotatable bonds is 4. The fourth-order valence-electron chi connectivity index (χ4n) is 2.32. The van der Waals surface area contributed by atoms with Gasteiger partial charge in [0, 0.05) is 18.8 Å². The van der Waals surface area contributed by atoms with Crippen molar-refractivity contribution >= 4 is 5.69 Å². The van der Waals surface area contributed by atoms with Crippen molar-refractivity contribution in [2.75, 3.05) is 31.5 Å². The molecule has 1 aliphatic rings. The Kier molecular flexibility index (Phi) is 4.43. The van der Waals surface area contributed by atoms with Crippen LogP contribution in [0.4, 0.5) is 5.69 Å². The van der Waals surface area contributed by atoms with E-state index >= 15 is 0 Å². The first kappa shape index (κ1) is 12.4. The molecule has 1 saturated heterocycles. The lowest BCUT2D eigenvalue weighted by Crippen LogP contribution is -2.36. The van der Waals surface area contributed by atoms with Crippen LogP contribution < -0.4 is 5.32 Å². The number of aryl methyl sites for hydroxylation is 1. The van der Waals surface area contributed by atoms with Gasteiger partial charge in [-0.15, -0.1) is 0 Å². The molecule has 94 valence electrons. The van der Waals surface area contributed by atoms with Gasteiger partial charge in [0.2, 0.25) is 0 Å². The van der Waals surface area contributed by atoms with Gasteiger partial charge in [-0.2, -0.15) is 0 Å². The van der Waals surface area contributed by atoms with Gasteiger partial charge in [0.15, 0.2) is 0 Å². The first-order chi connectivity index (χ1) is 8.24. The fraction of sp³-hybridized carbons (Fsp3) is 0.600. The molecule has 0 atom stereocenters. The van der Waals surface area contributed by atoms with Gasteiger partial charge in [0.1, 0.15) is 0 Å². The smallest absolute Gasteiger partial charge is 0.0340 e. The van der Waals surface area contributed by atoms with E-state index < -0.39 is 0 Å². The Labute approximate surface area is 105 Å². The van der Waals surface area contributed by atoms with Gasteiger partial charge in [-0.05, 0) is 50.9 Å². The Morgan fingerprint density at radius 2 is 1.82 bits per heavy atom. The van der Waals surface area contributed by atoms with Crippen LogP contribution in [0, 0.1) is 12.8 Å². The van der Waals surface area contributed by atoms with E-state index in [9.17, 15) is 0 Å². The molecule has 2 nitrogen and oxygen atoms in total. The summed E-state index contributed by atoms with van der Waals surface area (Å²) < 4.78 is 0. The van der Waals surface area contributed by atoms with E-state index in [-0.39, 0.29) is 0 Å². The van der Waals surface area contributed by atoms with Crippen LogP contribution in [0.1, 0.15) is 25.3 Å². The number of nitrogens with zero attached hydrogens (tertiary/aromatic N) is 1. The molecule has 1 fully saturated rings. The molecular weight excluding hydrogens is 208 g/mol. The summed E-state index contributed by atoms with van der Waals surface area (Å²) in [5, 5.41) is 3.49. The Balaban J connectivity index is 1.67. The van der Waals surface area contributed by atoms with Crippen LogP contribution in [0.3, 0.4) is 0 Å². The highest BCUT2D eigenvalue weighted by atomic mass is 15.1. The van der Waals surface area contributed by atoms with Crippen LogP contribution in [-0.4, -0.2) is 31.1 Å². The van der Waals surface area contributed by atoms with Crippen molar-refractivity contribution in [3.8, 4) is 0 Å². The lowest BCUT2D eigenvalue weighted by molar-refractivity contribution is 0.199. The molecule has 2 heteroatoms. The molecule has 0 amide bonds. The second-order valence-electron chi connectivity index (χ2n) is 5.32. The van der Waals surface area contributed by atoms with Crippen LogP contribution in [0.2, 0.25) is 0 Å². The van der Waals surface area contributed by atoms with Crippen LogP contribution in [-0.2, 0) is 0 Å². The highest BCUT2D eigenvalue weighted by Gasteiger charge is 2.14. The zero-order valence-electron chi connectivity index (χ0n) is 11.1. The maximum Gasteiger partial charge on any atom is 0.0340 e. The standard InChI is InChI=1S/C15H24N2/c1-13-3-5-15(6-4-13)16-9-12-17-10-7-14(2)8-11-17/h3-6,14,16H,7-12H2,1-2H3. The van der Waals surface area contributed by atoms with Crippen LogP contribution in [0.15, 0.2) is 24.3 Å². The third kappa shape index (κ3) is 4.04. The minimum absolute atomic E-state index is 0.927. The minimum Gasteiger partial charge on any atom is -0.384 e. The molecule has 1 aromatic rings. The number of benzene rings is 1. The first-order valence-corrected chi connectivity index (χ1v) is 6.77. The Morgan fingerprint density at radius 1 is 1.18 bits per heavy atom.